The zero-order valence-electron chi connectivity index (χ0n) is 24.9. The maximum Gasteiger partial charge on any atom is 0.410 e. The van der Waals surface area contributed by atoms with Crippen molar-refractivity contribution in [1.29, 1.82) is 0 Å². The zero-order valence-corrected chi connectivity index (χ0v) is 25.7. The van der Waals surface area contributed by atoms with Gasteiger partial charge >= 0.3 is 12.1 Å². The van der Waals surface area contributed by atoms with Gasteiger partial charge in [0.25, 0.3) is 0 Å². The van der Waals surface area contributed by atoms with Crippen molar-refractivity contribution in [1.82, 2.24) is 24.7 Å². The highest BCUT2D eigenvalue weighted by molar-refractivity contribution is 6.35. The molecule has 11 heteroatoms. The molecular formula is C32H38ClN5O5. The van der Waals surface area contributed by atoms with E-state index in [0.29, 0.717) is 57.4 Å². The molecule has 2 bridgehead atoms. The number of aromatic amines is 1. The van der Waals surface area contributed by atoms with Gasteiger partial charge < -0.3 is 29.0 Å². The lowest BCUT2D eigenvalue weighted by Gasteiger charge is -2.41. The van der Waals surface area contributed by atoms with E-state index in [4.69, 9.17) is 25.8 Å². The summed E-state index contributed by atoms with van der Waals surface area (Å²) in [7, 11) is 0. The van der Waals surface area contributed by atoms with E-state index >= 15 is 0 Å². The van der Waals surface area contributed by atoms with Crippen molar-refractivity contribution in [2.24, 2.45) is 0 Å². The minimum atomic E-state index is -0.626. The molecule has 2 unspecified atom stereocenters. The van der Waals surface area contributed by atoms with Crippen molar-refractivity contribution < 1.29 is 23.8 Å². The quantitative estimate of drug-likeness (QED) is 0.411. The second-order valence-corrected chi connectivity index (χ2v) is 13.4. The van der Waals surface area contributed by atoms with Crippen LogP contribution in [-0.2, 0) is 27.2 Å². The molecule has 0 saturated carbocycles. The number of amides is 3. The molecule has 3 aromatic rings. The average Bonchev–Trinajstić information content (AvgIpc) is 3.54. The minimum absolute atomic E-state index is 0.0570. The van der Waals surface area contributed by atoms with Crippen molar-refractivity contribution >= 4 is 34.8 Å². The summed E-state index contributed by atoms with van der Waals surface area (Å²) in [4.78, 5) is 40.6. The molecule has 3 saturated heterocycles. The summed E-state index contributed by atoms with van der Waals surface area (Å²) in [6.07, 6.45) is 6.23. The Hall–Kier alpha value is -3.34. The Labute approximate surface area is 256 Å². The molecule has 10 nitrogen and oxygen atoms in total. The van der Waals surface area contributed by atoms with Crippen LogP contribution in [0.3, 0.4) is 0 Å². The highest BCUT2D eigenvalue weighted by Gasteiger charge is 2.39. The van der Waals surface area contributed by atoms with Crippen molar-refractivity contribution in [2.75, 3.05) is 39.4 Å². The predicted octanol–water partition coefficient (Wildman–Crippen LogP) is 5.53. The van der Waals surface area contributed by atoms with Crippen LogP contribution in [0.1, 0.15) is 56.3 Å². The largest absolute Gasteiger partial charge is 0.444 e. The normalized spacial score (nSPS) is 23.9. The molecule has 0 radical (unpaired) electrons. The monoisotopic (exact) mass is 607 g/mol. The van der Waals surface area contributed by atoms with Crippen LogP contribution in [0.4, 0.5) is 9.59 Å². The number of carbonyl (C=O) groups excluding carboxylic acids is 2. The van der Waals surface area contributed by atoms with Crippen molar-refractivity contribution in [3.8, 4) is 11.1 Å². The standard InChI is InChI=1S/C32H38ClN5O5/c1-32(2,3)43-31(40)38-8-9-41-18-28(38)24-11-20(21-12-25-27(33)14-35-29(25)34-13-21)10-19-6-7-36(17-26(19)24)30(39)37-15-22-4-5-23(16-37)42-22/h10-14,22-23,28H,4-9,15-18H2,1-3H3,(H,34,35)/t22?,23?,28-/m0/s1. The predicted molar refractivity (Wildman–Crippen MR) is 162 cm³/mol. The fourth-order valence-electron chi connectivity index (χ4n) is 6.83. The number of fused-ring (bicyclic) bond motifs is 4. The number of rotatable bonds is 2. The molecule has 1 N–H and O–H groups in total. The van der Waals surface area contributed by atoms with Gasteiger partial charge in [-0.3, -0.25) is 4.90 Å². The Bertz CT molecular complexity index is 1560. The van der Waals surface area contributed by atoms with E-state index in [-0.39, 0.29) is 30.4 Å². The maximum absolute atomic E-state index is 13.8. The van der Waals surface area contributed by atoms with E-state index < -0.39 is 5.60 Å². The third kappa shape index (κ3) is 5.56. The molecule has 4 aliphatic heterocycles. The van der Waals surface area contributed by atoms with E-state index in [9.17, 15) is 9.59 Å². The topological polar surface area (TPSA) is 100 Å². The van der Waals surface area contributed by atoms with Gasteiger partial charge in [-0.2, -0.15) is 0 Å². The first-order valence-electron chi connectivity index (χ1n) is 15.2. The lowest BCUT2D eigenvalue weighted by Crippen LogP contribution is -2.52. The Morgan fingerprint density at radius 2 is 1.86 bits per heavy atom. The Kier molecular flexibility index (Phi) is 7.26. The molecule has 0 aliphatic carbocycles. The summed E-state index contributed by atoms with van der Waals surface area (Å²) in [5.41, 5.74) is 5.22. The second kappa shape index (κ2) is 11.0. The Morgan fingerprint density at radius 3 is 2.63 bits per heavy atom. The van der Waals surface area contributed by atoms with Gasteiger partial charge in [0.15, 0.2) is 0 Å². The number of hydrogen-bond donors (Lipinski definition) is 1. The molecule has 43 heavy (non-hydrogen) atoms. The van der Waals surface area contributed by atoms with Crippen LogP contribution >= 0.6 is 11.6 Å². The zero-order chi connectivity index (χ0) is 29.9. The van der Waals surface area contributed by atoms with Crippen LogP contribution in [0.5, 0.6) is 0 Å². The maximum atomic E-state index is 13.8. The second-order valence-electron chi connectivity index (χ2n) is 13.0. The number of halogens is 1. The number of hydrogen-bond acceptors (Lipinski definition) is 6. The Morgan fingerprint density at radius 1 is 1.07 bits per heavy atom. The number of morpholine rings is 2. The van der Waals surface area contributed by atoms with Crippen LogP contribution in [0.15, 0.2) is 30.6 Å². The fraction of sp³-hybridized carbons (Fsp3) is 0.531. The number of nitrogens with one attached hydrogen (secondary N) is 1. The molecule has 1 aromatic carbocycles. The van der Waals surface area contributed by atoms with E-state index in [1.165, 1.54) is 0 Å². The SMILES string of the molecule is CC(C)(C)OC(=O)N1CCOC[C@H]1c1cc(-c2cnc3[nH]cc(Cl)c3c2)cc2c1CN(C(=O)N1CC3CCC(C1)O3)CC2. The van der Waals surface area contributed by atoms with E-state index in [1.54, 1.807) is 11.1 Å². The number of carbonyl (C=O) groups is 2. The summed E-state index contributed by atoms with van der Waals surface area (Å²) in [6.45, 7) is 9.21. The summed E-state index contributed by atoms with van der Waals surface area (Å²) in [5, 5.41) is 1.47. The van der Waals surface area contributed by atoms with Gasteiger partial charge in [0.05, 0.1) is 36.5 Å². The van der Waals surface area contributed by atoms with Gasteiger partial charge in [0.2, 0.25) is 0 Å². The van der Waals surface area contributed by atoms with Gasteiger partial charge in [-0.1, -0.05) is 17.7 Å². The highest BCUT2D eigenvalue weighted by Crippen LogP contribution is 2.38. The van der Waals surface area contributed by atoms with E-state index in [1.807, 2.05) is 42.8 Å². The lowest BCUT2D eigenvalue weighted by molar-refractivity contribution is -0.0337. The number of likely N-dealkylation sites (tertiary alicyclic amines) is 1. The number of ether oxygens (including phenoxy) is 3. The molecule has 0 spiro atoms. The first-order valence-corrected chi connectivity index (χ1v) is 15.6. The van der Waals surface area contributed by atoms with Crippen LogP contribution in [0, 0.1) is 0 Å². The van der Waals surface area contributed by atoms with Crippen molar-refractivity contribution in [2.45, 2.75) is 70.4 Å². The molecule has 7 rings (SSSR count). The van der Waals surface area contributed by atoms with Gasteiger partial charge in [-0.05, 0) is 74.4 Å². The molecular weight excluding hydrogens is 570 g/mol. The third-order valence-corrected chi connectivity index (χ3v) is 9.20. The summed E-state index contributed by atoms with van der Waals surface area (Å²) < 4.78 is 17.8. The minimum Gasteiger partial charge on any atom is -0.444 e. The van der Waals surface area contributed by atoms with Gasteiger partial charge in [0.1, 0.15) is 11.2 Å². The van der Waals surface area contributed by atoms with Gasteiger partial charge in [-0.15, -0.1) is 0 Å². The Balaban J connectivity index is 1.27. The number of pyridine rings is 1. The molecule has 228 valence electrons. The van der Waals surface area contributed by atoms with Crippen molar-refractivity contribution in [3.05, 3.63) is 52.3 Å². The molecule has 2 aromatic heterocycles. The number of nitrogens with zero attached hydrogens (tertiary/aromatic N) is 4. The van der Waals surface area contributed by atoms with Gasteiger partial charge in [0, 0.05) is 56.1 Å². The molecule has 3 amide bonds. The number of benzene rings is 1. The van der Waals surface area contributed by atoms with E-state index in [2.05, 4.69) is 22.1 Å². The van der Waals surface area contributed by atoms with Crippen LogP contribution < -0.4 is 0 Å². The average molecular weight is 608 g/mol. The van der Waals surface area contributed by atoms with Crippen molar-refractivity contribution in [3.63, 3.8) is 0 Å². The third-order valence-electron chi connectivity index (χ3n) is 8.89. The molecule has 3 atom stereocenters. The highest BCUT2D eigenvalue weighted by atomic mass is 35.5. The fourth-order valence-corrected chi connectivity index (χ4v) is 7.02. The first kappa shape index (κ1) is 28.4. The van der Waals surface area contributed by atoms with Crippen LogP contribution in [-0.4, -0.2) is 94.0 Å². The lowest BCUT2D eigenvalue weighted by atomic mass is 9.87. The molecule has 6 heterocycles. The summed E-state index contributed by atoms with van der Waals surface area (Å²) in [5.74, 6) is 0. The number of urea groups is 1. The van der Waals surface area contributed by atoms with Gasteiger partial charge in [-0.25, -0.2) is 14.6 Å². The number of aromatic nitrogens is 2. The summed E-state index contributed by atoms with van der Waals surface area (Å²) >= 11 is 6.44. The van der Waals surface area contributed by atoms with E-state index in [0.717, 1.165) is 51.7 Å². The first-order chi connectivity index (χ1) is 20.6. The smallest absolute Gasteiger partial charge is 0.410 e. The molecule has 3 fully saturated rings. The molecule has 4 aliphatic rings. The van der Waals surface area contributed by atoms with Crippen LogP contribution in [0.25, 0.3) is 22.2 Å². The summed E-state index contributed by atoms with van der Waals surface area (Å²) in [6, 6.07) is 6.06. The van der Waals surface area contributed by atoms with Crippen LogP contribution in [0.2, 0.25) is 5.02 Å². The number of H-pyrrole nitrogens is 1.